The van der Waals surface area contributed by atoms with Crippen LogP contribution in [0.4, 0.5) is 5.69 Å². The molecule has 130 valence electrons. The van der Waals surface area contributed by atoms with Crippen molar-refractivity contribution in [2.45, 2.75) is 18.8 Å². The number of hydrogen-bond donors (Lipinski definition) is 1. The lowest BCUT2D eigenvalue weighted by atomic mass is 10.2. The van der Waals surface area contributed by atoms with Crippen LogP contribution in [0.1, 0.15) is 17.4 Å². The van der Waals surface area contributed by atoms with Crippen molar-refractivity contribution in [2.75, 3.05) is 11.1 Å². The van der Waals surface area contributed by atoms with Gasteiger partial charge in [-0.15, -0.1) is 23.1 Å². The highest BCUT2D eigenvalue weighted by molar-refractivity contribution is 7.99. The fourth-order valence-electron chi connectivity index (χ4n) is 1.86. The van der Waals surface area contributed by atoms with Gasteiger partial charge in [-0.25, -0.2) is 0 Å². The van der Waals surface area contributed by atoms with Gasteiger partial charge in [0, 0.05) is 16.3 Å². The number of ether oxygens (including phenoxy) is 1. The zero-order chi connectivity index (χ0) is 18.2. The van der Waals surface area contributed by atoms with E-state index in [9.17, 15) is 9.59 Å². The Kier molecular flexibility index (Phi) is 7.31. The molecule has 0 radical (unpaired) electrons. The van der Waals surface area contributed by atoms with E-state index in [-0.39, 0.29) is 5.75 Å². The molecule has 8 heteroatoms. The summed E-state index contributed by atoms with van der Waals surface area (Å²) in [5.41, 5.74) is 0.920. The van der Waals surface area contributed by atoms with Gasteiger partial charge in [0.2, 0.25) is 0 Å². The van der Waals surface area contributed by atoms with Gasteiger partial charge in [-0.2, -0.15) is 5.26 Å². The SMILES string of the molecule is C[C@H](OC(=O)CSCc1ccc(Cl)s1)C(=O)Nc1cccc(C#N)c1. The third-order valence-electron chi connectivity index (χ3n) is 3.03. The van der Waals surface area contributed by atoms with Gasteiger partial charge in [0.25, 0.3) is 5.91 Å². The summed E-state index contributed by atoms with van der Waals surface area (Å²) >= 11 is 8.71. The average Bonchev–Trinajstić information content (AvgIpc) is 3.00. The first kappa shape index (κ1) is 19.3. The molecule has 2 rings (SSSR count). The Hall–Kier alpha value is -2.01. The first-order valence-electron chi connectivity index (χ1n) is 7.30. The van der Waals surface area contributed by atoms with Crippen LogP contribution in [0, 0.1) is 11.3 Å². The van der Waals surface area contributed by atoms with Gasteiger partial charge in [-0.3, -0.25) is 9.59 Å². The molecule has 1 N–H and O–H groups in total. The highest BCUT2D eigenvalue weighted by atomic mass is 35.5. The lowest BCUT2D eigenvalue weighted by Gasteiger charge is -2.13. The lowest BCUT2D eigenvalue weighted by Crippen LogP contribution is -2.30. The third kappa shape index (κ3) is 6.42. The van der Waals surface area contributed by atoms with Crippen LogP contribution in [0.2, 0.25) is 4.34 Å². The van der Waals surface area contributed by atoms with E-state index < -0.39 is 18.0 Å². The van der Waals surface area contributed by atoms with Crippen LogP contribution in [0.5, 0.6) is 0 Å². The molecule has 0 spiro atoms. The Labute approximate surface area is 158 Å². The topological polar surface area (TPSA) is 79.2 Å². The molecule has 2 aromatic rings. The number of hydrogen-bond acceptors (Lipinski definition) is 6. The van der Waals surface area contributed by atoms with Crippen molar-refractivity contribution >= 4 is 52.3 Å². The minimum atomic E-state index is -0.921. The number of rotatable bonds is 7. The highest BCUT2D eigenvalue weighted by Gasteiger charge is 2.18. The maximum absolute atomic E-state index is 12.1. The second-order valence-corrected chi connectivity index (χ2v) is 7.80. The van der Waals surface area contributed by atoms with Crippen LogP contribution in [0.3, 0.4) is 0 Å². The van der Waals surface area contributed by atoms with Crippen LogP contribution >= 0.6 is 34.7 Å². The van der Waals surface area contributed by atoms with E-state index in [1.54, 1.807) is 24.3 Å². The summed E-state index contributed by atoms with van der Waals surface area (Å²) < 4.78 is 5.84. The third-order valence-corrected chi connectivity index (χ3v) is 5.40. The summed E-state index contributed by atoms with van der Waals surface area (Å²) in [5.74, 6) is -0.0926. The van der Waals surface area contributed by atoms with Crippen molar-refractivity contribution in [2.24, 2.45) is 0 Å². The van der Waals surface area contributed by atoms with Crippen LogP contribution in [-0.4, -0.2) is 23.7 Å². The first-order valence-corrected chi connectivity index (χ1v) is 9.65. The smallest absolute Gasteiger partial charge is 0.316 e. The maximum Gasteiger partial charge on any atom is 0.316 e. The highest BCUT2D eigenvalue weighted by Crippen LogP contribution is 2.25. The molecule has 0 unspecified atom stereocenters. The van der Waals surface area contributed by atoms with Crippen molar-refractivity contribution in [1.29, 1.82) is 5.26 Å². The number of anilines is 1. The fraction of sp³-hybridized carbons (Fsp3) is 0.235. The Balaban J connectivity index is 1.75. The van der Waals surface area contributed by atoms with E-state index in [4.69, 9.17) is 21.6 Å². The van der Waals surface area contributed by atoms with Gasteiger partial charge in [0.05, 0.1) is 21.7 Å². The molecule has 0 saturated carbocycles. The Morgan fingerprint density at radius 2 is 2.20 bits per heavy atom. The molecular formula is C17H15ClN2O3S2. The van der Waals surface area contributed by atoms with E-state index in [0.29, 0.717) is 21.3 Å². The lowest BCUT2D eigenvalue weighted by molar-refractivity contribution is -0.150. The minimum Gasteiger partial charge on any atom is -0.452 e. The molecule has 0 aliphatic carbocycles. The van der Waals surface area contributed by atoms with Crippen LogP contribution in [-0.2, 0) is 20.1 Å². The number of carbonyl (C=O) groups is 2. The molecule has 0 saturated heterocycles. The molecule has 1 amide bonds. The molecule has 1 aromatic heterocycles. The number of thioether (sulfide) groups is 1. The zero-order valence-electron chi connectivity index (χ0n) is 13.3. The standard InChI is InChI=1S/C17H15ClN2O3S2/c1-11(17(22)20-13-4-2-3-12(7-13)8-19)23-16(21)10-24-9-14-5-6-15(18)25-14/h2-7,11H,9-10H2,1H3,(H,20,22)/t11-/m0/s1. The van der Waals surface area contributed by atoms with Crippen molar-refractivity contribution in [3.63, 3.8) is 0 Å². The van der Waals surface area contributed by atoms with Gasteiger partial charge in [-0.1, -0.05) is 17.7 Å². The molecule has 25 heavy (non-hydrogen) atoms. The number of halogens is 1. The van der Waals surface area contributed by atoms with Gasteiger partial charge in [-0.05, 0) is 37.3 Å². The molecule has 0 fully saturated rings. The zero-order valence-corrected chi connectivity index (χ0v) is 15.7. The van der Waals surface area contributed by atoms with Gasteiger partial charge < -0.3 is 10.1 Å². The summed E-state index contributed by atoms with van der Waals surface area (Å²) in [7, 11) is 0. The average molecular weight is 395 g/mol. The molecular weight excluding hydrogens is 380 g/mol. The van der Waals surface area contributed by atoms with E-state index in [1.165, 1.54) is 30.0 Å². The maximum atomic E-state index is 12.1. The minimum absolute atomic E-state index is 0.150. The van der Waals surface area contributed by atoms with Crippen molar-refractivity contribution in [3.8, 4) is 6.07 Å². The number of nitriles is 1. The molecule has 0 aliphatic heterocycles. The fourth-order valence-corrected chi connectivity index (χ4v) is 3.86. The number of benzene rings is 1. The number of esters is 1. The largest absolute Gasteiger partial charge is 0.452 e. The molecule has 1 atom stereocenters. The second-order valence-electron chi connectivity index (χ2n) is 5.01. The number of nitrogens with zero attached hydrogens (tertiary/aromatic N) is 1. The van der Waals surface area contributed by atoms with Crippen LogP contribution in [0.25, 0.3) is 0 Å². The van der Waals surface area contributed by atoms with Crippen molar-refractivity contribution in [1.82, 2.24) is 0 Å². The molecule has 0 bridgehead atoms. The Bertz CT molecular complexity index is 801. The monoisotopic (exact) mass is 394 g/mol. The summed E-state index contributed by atoms with van der Waals surface area (Å²) in [5, 5.41) is 11.5. The Morgan fingerprint density at radius 1 is 1.40 bits per heavy atom. The van der Waals surface area contributed by atoms with Gasteiger partial charge in [0.15, 0.2) is 6.10 Å². The summed E-state index contributed by atoms with van der Waals surface area (Å²) in [6.07, 6.45) is -0.921. The first-order chi connectivity index (χ1) is 12.0. The predicted molar refractivity (Wildman–Crippen MR) is 101 cm³/mol. The van der Waals surface area contributed by atoms with Crippen molar-refractivity contribution in [3.05, 3.63) is 51.2 Å². The summed E-state index contributed by atoms with van der Waals surface area (Å²) in [6, 6.07) is 12.2. The molecule has 1 aromatic carbocycles. The van der Waals surface area contributed by atoms with Gasteiger partial charge in [0.1, 0.15) is 0 Å². The summed E-state index contributed by atoms with van der Waals surface area (Å²) in [6.45, 7) is 1.51. The quantitative estimate of drug-likeness (QED) is 0.716. The van der Waals surface area contributed by atoms with Crippen molar-refractivity contribution < 1.29 is 14.3 Å². The predicted octanol–water partition coefficient (Wildman–Crippen LogP) is 4.08. The number of nitrogens with one attached hydrogen (secondary N) is 1. The molecule has 5 nitrogen and oxygen atoms in total. The van der Waals surface area contributed by atoms with E-state index >= 15 is 0 Å². The van der Waals surface area contributed by atoms with Crippen LogP contribution in [0.15, 0.2) is 36.4 Å². The Morgan fingerprint density at radius 3 is 2.88 bits per heavy atom. The summed E-state index contributed by atoms with van der Waals surface area (Å²) in [4.78, 5) is 24.9. The van der Waals surface area contributed by atoms with Gasteiger partial charge >= 0.3 is 5.97 Å². The van der Waals surface area contributed by atoms with Crippen LogP contribution < -0.4 is 5.32 Å². The molecule has 1 heterocycles. The van der Waals surface area contributed by atoms with E-state index in [2.05, 4.69) is 5.32 Å². The number of amides is 1. The second kappa shape index (κ2) is 9.47. The molecule has 0 aliphatic rings. The van der Waals surface area contributed by atoms with E-state index in [1.807, 2.05) is 18.2 Å². The normalized spacial score (nSPS) is 11.4. The number of carbonyl (C=O) groups excluding carboxylic acids is 2. The number of thiophene rings is 1. The van der Waals surface area contributed by atoms with E-state index in [0.717, 1.165) is 4.88 Å².